The van der Waals surface area contributed by atoms with E-state index in [9.17, 15) is 9.59 Å². The third kappa shape index (κ3) is 3.78. The zero-order chi connectivity index (χ0) is 17.1. The molecule has 0 spiro atoms. The van der Waals surface area contributed by atoms with Gasteiger partial charge in [-0.3, -0.25) is 9.59 Å². The van der Waals surface area contributed by atoms with Crippen molar-refractivity contribution in [1.82, 2.24) is 10.2 Å². The second-order valence-electron chi connectivity index (χ2n) is 7.18. The van der Waals surface area contributed by atoms with Crippen molar-refractivity contribution < 1.29 is 9.59 Å². The molecule has 2 atom stereocenters. The molecule has 1 aromatic rings. The molecule has 0 saturated carbocycles. The SMILES string of the molecule is CC(CC(=O)Nc1ccc2c(c1)C(=O)N(C)CC2)C1CCCNC1. The average Bonchev–Trinajstić information content (AvgIpc) is 2.59. The van der Waals surface area contributed by atoms with Crippen LogP contribution in [0.1, 0.15) is 42.1 Å². The highest BCUT2D eigenvalue weighted by Gasteiger charge is 2.24. The fraction of sp³-hybridized carbons (Fsp3) is 0.579. The quantitative estimate of drug-likeness (QED) is 0.891. The minimum atomic E-state index is 0.0321. The molecule has 1 saturated heterocycles. The van der Waals surface area contributed by atoms with E-state index in [1.807, 2.05) is 25.2 Å². The largest absolute Gasteiger partial charge is 0.341 e. The number of anilines is 1. The summed E-state index contributed by atoms with van der Waals surface area (Å²) < 4.78 is 0. The first kappa shape index (κ1) is 17.0. The molecule has 1 aromatic carbocycles. The summed E-state index contributed by atoms with van der Waals surface area (Å²) in [6.07, 6.45) is 3.78. The van der Waals surface area contributed by atoms with Crippen molar-refractivity contribution in [1.29, 1.82) is 0 Å². The van der Waals surface area contributed by atoms with Crippen LogP contribution in [0.4, 0.5) is 5.69 Å². The minimum absolute atomic E-state index is 0.0321. The van der Waals surface area contributed by atoms with E-state index in [-0.39, 0.29) is 11.8 Å². The van der Waals surface area contributed by atoms with Crippen molar-refractivity contribution in [2.24, 2.45) is 11.8 Å². The number of rotatable bonds is 4. The third-order valence-corrected chi connectivity index (χ3v) is 5.33. The lowest BCUT2D eigenvalue weighted by Gasteiger charge is -2.28. The van der Waals surface area contributed by atoms with Crippen molar-refractivity contribution in [3.8, 4) is 0 Å². The summed E-state index contributed by atoms with van der Waals surface area (Å²) in [6, 6.07) is 5.69. The summed E-state index contributed by atoms with van der Waals surface area (Å²) in [5.41, 5.74) is 2.50. The Hall–Kier alpha value is -1.88. The second kappa shape index (κ2) is 7.34. The number of benzene rings is 1. The number of amides is 2. The van der Waals surface area contributed by atoms with Gasteiger partial charge in [-0.15, -0.1) is 0 Å². The van der Waals surface area contributed by atoms with E-state index >= 15 is 0 Å². The minimum Gasteiger partial charge on any atom is -0.341 e. The summed E-state index contributed by atoms with van der Waals surface area (Å²) in [5, 5.41) is 6.38. The monoisotopic (exact) mass is 329 g/mol. The normalized spacial score (nSPS) is 22.0. The van der Waals surface area contributed by atoms with Gasteiger partial charge < -0.3 is 15.5 Å². The molecule has 130 valence electrons. The summed E-state index contributed by atoms with van der Waals surface area (Å²) in [6.45, 7) is 5.01. The Labute approximate surface area is 143 Å². The number of nitrogens with one attached hydrogen (secondary N) is 2. The molecule has 2 aliphatic rings. The van der Waals surface area contributed by atoms with E-state index in [0.717, 1.165) is 37.3 Å². The molecule has 2 unspecified atom stereocenters. The van der Waals surface area contributed by atoms with Gasteiger partial charge >= 0.3 is 0 Å². The van der Waals surface area contributed by atoms with E-state index in [0.29, 0.717) is 23.8 Å². The fourth-order valence-electron chi connectivity index (χ4n) is 3.70. The van der Waals surface area contributed by atoms with Gasteiger partial charge in [0.05, 0.1) is 0 Å². The molecule has 1 fully saturated rings. The van der Waals surface area contributed by atoms with Crippen molar-refractivity contribution in [2.45, 2.75) is 32.6 Å². The molecule has 24 heavy (non-hydrogen) atoms. The topological polar surface area (TPSA) is 61.4 Å². The van der Waals surface area contributed by atoms with Crippen LogP contribution in [-0.4, -0.2) is 43.4 Å². The van der Waals surface area contributed by atoms with Gasteiger partial charge in [-0.1, -0.05) is 13.0 Å². The molecule has 0 bridgehead atoms. The third-order valence-electron chi connectivity index (χ3n) is 5.33. The lowest BCUT2D eigenvalue weighted by Crippen LogP contribution is -2.35. The van der Waals surface area contributed by atoms with Gasteiger partial charge in [0, 0.05) is 31.3 Å². The van der Waals surface area contributed by atoms with Gasteiger partial charge in [0.2, 0.25) is 5.91 Å². The maximum atomic E-state index is 12.4. The molecule has 0 aliphatic carbocycles. The summed E-state index contributed by atoms with van der Waals surface area (Å²) in [4.78, 5) is 26.3. The van der Waals surface area contributed by atoms with Crippen LogP contribution >= 0.6 is 0 Å². The van der Waals surface area contributed by atoms with Gasteiger partial charge in [0.1, 0.15) is 0 Å². The summed E-state index contributed by atoms with van der Waals surface area (Å²) >= 11 is 0. The standard InChI is InChI=1S/C19H27N3O2/c1-13(15-4-3-8-20-12-15)10-18(23)21-16-6-5-14-7-9-22(2)19(24)17(14)11-16/h5-6,11,13,15,20H,3-4,7-10,12H2,1-2H3,(H,21,23). The predicted molar refractivity (Wildman–Crippen MR) is 95.1 cm³/mol. The summed E-state index contributed by atoms with van der Waals surface area (Å²) in [5.74, 6) is 1.00. The number of piperidine rings is 1. The van der Waals surface area contributed by atoms with E-state index in [2.05, 4.69) is 17.6 Å². The highest BCUT2D eigenvalue weighted by Crippen LogP contribution is 2.25. The van der Waals surface area contributed by atoms with Crippen LogP contribution in [0.5, 0.6) is 0 Å². The maximum absolute atomic E-state index is 12.4. The number of carbonyl (C=O) groups is 2. The predicted octanol–water partition coefficient (Wildman–Crippen LogP) is 2.28. The van der Waals surface area contributed by atoms with Crippen molar-refractivity contribution >= 4 is 17.5 Å². The van der Waals surface area contributed by atoms with Crippen LogP contribution in [0.3, 0.4) is 0 Å². The average molecular weight is 329 g/mol. The zero-order valence-electron chi connectivity index (χ0n) is 14.6. The first-order valence-corrected chi connectivity index (χ1v) is 8.93. The van der Waals surface area contributed by atoms with Gasteiger partial charge in [0.15, 0.2) is 0 Å². The molecular formula is C19H27N3O2. The van der Waals surface area contributed by atoms with E-state index in [1.54, 1.807) is 4.90 Å². The Kier molecular flexibility index (Phi) is 5.19. The van der Waals surface area contributed by atoms with Crippen molar-refractivity contribution in [2.75, 3.05) is 32.0 Å². The van der Waals surface area contributed by atoms with Crippen LogP contribution in [0.2, 0.25) is 0 Å². The van der Waals surface area contributed by atoms with E-state index in [4.69, 9.17) is 0 Å². The van der Waals surface area contributed by atoms with Crippen LogP contribution in [0.15, 0.2) is 18.2 Å². The number of hydrogen-bond donors (Lipinski definition) is 2. The van der Waals surface area contributed by atoms with E-state index < -0.39 is 0 Å². The van der Waals surface area contributed by atoms with Crippen LogP contribution < -0.4 is 10.6 Å². The molecule has 5 heteroatoms. The van der Waals surface area contributed by atoms with Crippen molar-refractivity contribution in [3.05, 3.63) is 29.3 Å². The molecule has 2 aliphatic heterocycles. The number of fused-ring (bicyclic) bond motifs is 1. The lowest BCUT2D eigenvalue weighted by molar-refractivity contribution is -0.117. The van der Waals surface area contributed by atoms with Crippen LogP contribution in [0.25, 0.3) is 0 Å². The highest BCUT2D eigenvalue weighted by atomic mass is 16.2. The molecule has 5 nitrogen and oxygen atoms in total. The Morgan fingerprint density at radius 1 is 1.46 bits per heavy atom. The Balaban J connectivity index is 1.61. The number of hydrogen-bond acceptors (Lipinski definition) is 3. The molecule has 0 radical (unpaired) electrons. The molecule has 0 aromatic heterocycles. The molecule has 2 amide bonds. The maximum Gasteiger partial charge on any atom is 0.253 e. The molecule has 3 rings (SSSR count). The number of nitrogens with zero attached hydrogens (tertiary/aromatic N) is 1. The molecular weight excluding hydrogens is 302 g/mol. The first-order valence-electron chi connectivity index (χ1n) is 8.93. The molecule has 2 heterocycles. The van der Waals surface area contributed by atoms with Gasteiger partial charge in [-0.2, -0.15) is 0 Å². The molecule has 2 N–H and O–H groups in total. The summed E-state index contributed by atoms with van der Waals surface area (Å²) in [7, 11) is 1.82. The van der Waals surface area contributed by atoms with E-state index in [1.165, 1.54) is 12.8 Å². The zero-order valence-corrected chi connectivity index (χ0v) is 14.6. The van der Waals surface area contributed by atoms with Gasteiger partial charge in [-0.25, -0.2) is 0 Å². The Morgan fingerprint density at radius 3 is 3.04 bits per heavy atom. The Morgan fingerprint density at radius 2 is 2.29 bits per heavy atom. The number of likely N-dealkylation sites (N-methyl/N-ethyl adjacent to an activating group) is 1. The lowest BCUT2D eigenvalue weighted by atomic mass is 9.85. The second-order valence-corrected chi connectivity index (χ2v) is 7.18. The highest BCUT2D eigenvalue weighted by molar-refractivity contribution is 5.99. The Bertz CT molecular complexity index is 623. The first-order chi connectivity index (χ1) is 11.5. The van der Waals surface area contributed by atoms with Crippen LogP contribution in [-0.2, 0) is 11.2 Å². The van der Waals surface area contributed by atoms with Crippen LogP contribution in [0, 0.1) is 11.8 Å². The fourth-order valence-corrected chi connectivity index (χ4v) is 3.70. The number of carbonyl (C=O) groups excluding carboxylic acids is 2. The van der Waals surface area contributed by atoms with Gasteiger partial charge in [0.25, 0.3) is 5.91 Å². The van der Waals surface area contributed by atoms with Gasteiger partial charge in [-0.05, 0) is 61.9 Å². The van der Waals surface area contributed by atoms with Crippen molar-refractivity contribution in [3.63, 3.8) is 0 Å². The smallest absolute Gasteiger partial charge is 0.253 e.